The molecule has 0 unspecified atom stereocenters. The van der Waals surface area contributed by atoms with E-state index in [0.29, 0.717) is 5.82 Å². The van der Waals surface area contributed by atoms with Crippen molar-refractivity contribution in [1.29, 1.82) is 0 Å². The molecule has 2 aromatic rings. The van der Waals surface area contributed by atoms with Crippen LogP contribution in [-0.2, 0) is 0 Å². The second-order valence-corrected chi connectivity index (χ2v) is 2.37. The van der Waals surface area contributed by atoms with Crippen molar-refractivity contribution in [2.45, 2.75) is 0 Å². The first-order valence-electron chi connectivity index (χ1n) is 3.55. The number of nitrogens with one attached hydrogen (secondary N) is 1. The molecule has 0 radical (unpaired) electrons. The highest BCUT2D eigenvalue weighted by atomic mass is 16.1. The Morgan fingerprint density at radius 3 is 2.58 bits per heavy atom. The zero-order valence-electron chi connectivity index (χ0n) is 6.27. The SMILES string of the molecule is O=c1ccc(-n2cccc2)n[nH]1. The van der Waals surface area contributed by atoms with Gasteiger partial charge in [0.2, 0.25) is 0 Å². The lowest BCUT2D eigenvalue weighted by atomic mass is 10.5. The van der Waals surface area contributed by atoms with Gasteiger partial charge >= 0.3 is 0 Å². The van der Waals surface area contributed by atoms with Crippen LogP contribution in [0.15, 0.2) is 41.5 Å². The molecule has 0 atom stereocenters. The van der Waals surface area contributed by atoms with Crippen molar-refractivity contribution >= 4 is 0 Å². The minimum atomic E-state index is -0.189. The van der Waals surface area contributed by atoms with Crippen LogP contribution in [-0.4, -0.2) is 14.8 Å². The van der Waals surface area contributed by atoms with Gasteiger partial charge in [-0.2, -0.15) is 5.10 Å². The van der Waals surface area contributed by atoms with Gasteiger partial charge in [-0.05, 0) is 18.2 Å². The number of aromatic amines is 1. The summed E-state index contributed by atoms with van der Waals surface area (Å²) in [5.74, 6) is 0.708. The van der Waals surface area contributed by atoms with Gasteiger partial charge in [0, 0.05) is 18.5 Å². The van der Waals surface area contributed by atoms with Crippen LogP contribution in [0, 0.1) is 0 Å². The molecule has 0 saturated heterocycles. The van der Waals surface area contributed by atoms with E-state index in [1.54, 1.807) is 6.07 Å². The number of aromatic nitrogens is 3. The Morgan fingerprint density at radius 2 is 2.00 bits per heavy atom. The van der Waals surface area contributed by atoms with E-state index in [4.69, 9.17) is 0 Å². The Hall–Kier alpha value is -1.84. The van der Waals surface area contributed by atoms with Gasteiger partial charge in [0.15, 0.2) is 5.82 Å². The molecule has 0 amide bonds. The average molecular weight is 161 g/mol. The molecule has 0 aliphatic carbocycles. The third kappa shape index (κ3) is 1.14. The van der Waals surface area contributed by atoms with Crippen LogP contribution in [0.3, 0.4) is 0 Å². The van der Waals surface area contributed by atoms with Crippen LogP contribution >= 0.6 is 0 Å². The zero-order chi connectivity index (χ0) is 8.39. The highest BCUT2D eigenvalue weighted by Gasteiger charge is 1.93. The number of hydrogen-bond donors (Lipinski definition) is 1. The molecular formula is C8H7N3O. The third-order valence-electron chi connectivity index (χ3n) is 1.53. The van der Waals surface area contributed by atoms with Crippen LogP contribution in [0.1, 0.15) is 0 Å². The minimum absolute atomic E-state index is 0.189. The second-order valence-electron chi connectivity index (χ2n) is 2.37. The first-order chi connectivity index (χ1) is 5.86. The maximum absolute atomic E-state index is 10.7. The number of rotatable bonds is 1. The van der Waals surface area contributed by atoms with Gasteiger partial charge in [-0.1, -0.05) is 0 Å². The van der Waals surface area contributed by atoms with E-state index in [9.17, 15) is 4.79 Å². The maximum Gasteiger partial charge on any atom is 0.264 e. The monoisotopic (exact) mass is 161 g/mol. The molecule has 0 spiro atoms. The zero-order valence-corrected chi connectivity index (χ0v) is 6.27. The summed E-state index contributed by atoms with van der Waals surface area (Å²) in [7, 11) is 0. The summed E-state index contributed by atoms with van der Waals surface area (Å²) >= 11 is 0. The van der Waals surface area contributed by atoms with E-state index in [1.165, 1.54) is 6.07 Å². The summed E-state index contributed by atoms with van der Waals surface area (Å²) in [5.41, 5.74) is -0.189. The van der Waals surface area contributed by atoms with Crippen molar-refractivity contribution in [3.8, 4) is 5.82 Å². The molecule has 60 valence electrons. The third-order valence-corrected chi connectivity index (χ3v) is 1.53. The molecule has 0 aromatic carbocycles. The first kappa shape index (κ1) is 6.84. The molecule has 0 bridgehead atoms. The Morgan fingerprint density at radius 1 is 1.25 bits per heavy atom. The lowest BCUT2D eigenvalue weighted by molar-refractivity contribution is 0.899. The van der Waals surface area contributed by atoms with Gasteiger partial charge in [0.25, 0.3) is 5.56 Å². The van der Waals surface area contributed by atoms with Crippen molar-refractivity contribution in [3.63, 3.8) is 0 Å². The Kier molecular flexibility index (Phi) is 1.51. The summed E-state index contributed by atoms with van der Waals surface area (Å²) in [5, 5.41) is 6.21. The van der Waals surface area contributed by atoms with E-state index in [0.717, 1.165) is 0 Å². The van der Waals surface area contributed by atoms with Gasteiger partial charge in [0.1, 0.15) is 0 Å². The Balaban J connectivity index is 2.49. The molecule has 2 heterocycles. The molecule has 12 heavy (non-hydrogen) atoms. The lowest BCUT2D eigenvalue weighted by Gasteiger charge is -1.97. The predicted octanol–water partition coefficient (Wildman–Crippen LogP) is 0.561. The van der Waals surface area contributed by atoms with Crippen molar-refractivity contribution in [2.75, 3.05) is 0 Å². The highest BCUT2D eigenvalue weighted by Crippen LogP contribution is 1.99. The molecule has 0 aliphatic rings. The van der Waals surface area contributed by atoms with Crippen molar-refractivity contribution in [3.05, 3.63) is 47.0 Å². The van der Waals surface area contributed by atoms with Crippen molar-refractivity contribution < 1.29 is 0 Å². The second kappa shape index (κ2) is 2.65. The Bertz CT molecular complexity index is 396. The fourth-order valence-electron chi connectivity index (χ4n) is 0.968. The highest BCUT2D eigenvalue weighted by molar-refractivity contribution is 5.20. The van der Waals surface area contributed by atoms with Gasteiger partial charge in [0.05, 0.1) is 0 Å². The summed E-state index contributed by atoms with van der Waals surface area (Å²) in [6.45, 7) is 0. The summed E-state index contributed by atoms with van der Waals surface area (Å²) in [6.07, 6.45) is 3.72. The summed E-state index contributed by atoms with van der Waals surface area (Å²) < 4.78 is 1.82. The van der Waals surface area contributed by atoms with Crippen LogP contribution in [0.2, 0.25) is 0 Å². The van der Waals surface area contributed by atoms with E-state index < -0.39 is 0 Å². The van der Waals surface area contributed by atoms with E-state index >= 15 is 0 Å². The summed E-state index contributed by atoms with van der Waals surface area (Å²) in [6, 6.07) is 6.90. The van der Waals surface area contributed by atoms with Crippen molar-refractivity contribution in [2.24, 2.45) is 0 Å². The number of nitrogens with zero attached hydrogens (tertiary/aromatic N) is 2. The van der Waals surface area contributed by atoms with Crippen LogP contribution in [0.4, 0.5) is 0 Å². The average Bonchev–Trinajstić information content (AvgIpc) is 2.58. The van der Waals surface area contributed by atoms with E-state index in [-0.39, 0.29) is 5.56 Å². The van der Waals surface area contributed by atoms with Gasteiger partial charge < -0.3 is 4.57 Å². The smallest absolute Gasteiger partial charge is 0.264 e. The molecule has 2 aromatic heterocycles. The van der Waals surface area contributed by atoms with Crippen molar-refractivity contribution in [1.82, 2.24) is 14.8 Å². The van der Waals surface area contributed by atoms with Gasteiger partial charge in [-0.25, -0.2) is 5.10 Å². The fourth-order valence-corrected chi connectivity index (χ4v) is 0.968. The molecule has 1 N–H and O–H groups in total. The lowest BCUT2D eigenvalue weighted by Crippen LogP contribution is -2.08. The van der Waals surface area contributed by atoms with Crippen LogP contribution in [0.25, 0.3) is 5.82 Å². The standard InChI is InChI=1S/C8H7N3O/c12-8-4-3-7(9-10-8)11-5-1-2-6-11/h1-6H,(H,10,12). The normalized spacial score (nSPS) is 10.0. The molecular weight excluding hydrogens is 154 g/mol. The van der Waals surface area contributed by atoms with Crippen LogP contribution < -0.4 is 5.56 Å². The minimum Gasteiger partial charge on any atom is -0.307 e. The van der Waals surface area contributed by atoms with E-state index in [2.05, 4.69) is 10.2 Å². The molecule has 4 nitrogen and oxygen atoms in total. The van der Waals surface area contributed by atoms with Gasteiger partial charge in [-0.3, -0.25) is 4.79 Å². The van der Waals surface area contributed by atoms with Gasteiger partial charge in [-0.15, -0.1) is 0 Å². The number of hydrogen-bond acceptors (Lipinski definition) is 2. The first-order valence-corrected chi connectivity index (χ1v) is 3.55. The largest absolute Gasteiger partial charge is 0.307 e. The predicted molar refractivity (Wildman–Crippen MR) is 44.2 cm³/mol. The molecule has 0 aliphatic heterocycles. The molecule has 4 heteroatoms. The maximum atomic E-state index is 10.7. The fraction of sp³-hybridized carbons (Fsp3) is 0. The Labute approximate surface area is 68.5 Å². The quantitative estimate of drug-likeness (QED) is 0.664. The molecule has 0 fully saturated rings. The topological polar surface area (TPSA) is 50.7 Å². The molecule has 0 saturated carbocycles. The van der Waals surface area contributed by atoms with Crippen LogP contribution in [0.5, 0.6) is 0 Å². The number of H-pyrrole nitrogens is 1. The summed E-state index contributed by atoms with van der Waals surface area (Å²) in [4.78, 5) is 10.7. The van der Waals surface area contributed by atoms with E-state index in [1.807, 2.05) is 29.1 Å². The molecule has 2 rings (SSSR count).